The van der Waals surface area contributed by atoms with Crippen LogP contribution in [-0.4, -0.2) is 19.2 Å². The first-order chi connectivity index (χ1) is 8.69. The fourth-order valence-electron chi connectivity index (χ4n) is 2.44. The van der Waals surface area contributed by atoms with Gasteiger partial charge in [0.25, 0.3) is 0 Å². The monoisotopic (exact) mass is 287 g/mol. The predicted molar refractivity (Wildman–Crippen MR) is 76.8 cm³/mol. The van der Waals surface area contributed by atoms with Crippen LogP contribution in [0.5, 0.6) is 5.75 Å². The molecular formula is C14H19Cl2NO. The summed E-state index contributed by atoms with van der Waals surface area (Å²) in [6, 6.07) is 5.39. The SMILES string of the molecule is CCCC(Oc1cc(Cl)cc(Cl)c1)C1CCNC1. The van der Waals surface area contributed by atoms with Crippen molar-refractivity contribution in [1.82, 2.24) is 5.32 Å². The summed E-state index contributed by atoms with van der Waals surface area (Å²) in [5.74, 6) is 1.36. The van der Waals surface area contributed by atoms with Gasteiger partial charge in [0.2, 0.25) is 0 Å². The Kier molecular flexibility index (Phi) is 5.16. The van der Waals surface area contributed by atoms with Gasteiger partial charge in [0, 0.05) is 22.5 Å². The van der Waals surface area contributed by atoms with Gasteiger partial charge in [0.1, 0.15) is 11.9 Å². The summed E-state index contributed by atoms with van der Waals surface area (Å²) in [6.45, 7) is 4.31. The highest BCUT2D eigenvalue weighted by atomic mass is 35.5. The molecule has 0 amide bonds. The lowest BCUT2D eigenvalue weighted by atomic mass is 9.97. The second kappa shape index (κ2) is 6.65. The van der Waals surface area contributed by atoms with Crippen LogP contribution < -0.4 is 10.1 Å². The average molecular weight is 288 g/mol. The zero-order valence-electron chi connectivity index (χ0n) is 10.6. The molecule has 0 saturated carbocycles. The molecule has 2 rings (SSSR count). The van der Waals surface area contributed by atoms with Crippen molar-refractivity contribution in [2.24, 2.45) is 5.92 Å². The molecule has 1 aromatic rings. The second-order valence-corrected chi connectivity index (χ2v) is 5.68. The zero-order chi connectivity index (χ0) is 13.0. The lowest BCUT2D eigenvalue weighted by Gasteiger charge is -2.24. The van der Waals surface area contributed by atoms with Gasteiger partial charge in [0.05, 0.1) is 0 Å². The summed E-state index contributed by atoms with van der Waals surface area (Å²) < 4.78 is 6.09. The fourth-order valence-corrected chi connectivity index (χ4v) is 2.95. The van der Waals surface area contributed by atoms with E-state index in [0.717, 1.165) is 31.7 Å². The average Bonchev–Trinajstić information content (AvgIpc) is 2.80. The topological polar surface area (TPSA) is 21.3 Å². The van der Waals surface area contributed by atoms with E-state index < -0.39 is 0 Å². The van der Waals surface area contributed by atoms with E-state index >= 15 is 0 Å². The van der Waals surface area contributed by atoms with Crippen molar-refractivity contribution in [2.45, 2.75) is 32.3 Å². The minimum atomic E-state index is 0.250. The summed E-state index contributed by atoms with van der Waals surface area (Å²) in [4.78, 5) is 0. The van der Waals surface area contributed by atoms with Crippen LogP contribution in [0.2, 0.25) is 10.0 Å². The van der Waals surface area contributed by atoms with Gasteiger partial charge in [0.15, 0.2) is 0 Å². The van der Waals surface area contributed by atoms with E-state index in [-0.39, 0.29) is 6.10 Å². The molecule has 0 spiro atoms. The number of benzene rings is 1. The van der Waals surface area contributed by atoms with Gasteiger partial charge in [-0.3, -0.25) is 0 Å². The number of hydrogen-bond acceptors (Lipinski definition) is 2. The molecule has 2 nitrogen and oxygen atoms in total. The highest BCUT2D eigenvalue weighted by molar-refractivity contribution is 6.34. The Morgan fingerprint density at radius 1 is 1.33 bits per heavy atom. The smallest absolute Gasteiger partial charge is 0.122 e. The maximum atomic E-state index is 6.09. The van der Waals surface area contributed by atoms with Crippen LogP contribution in [0.4, 0.5) is 0 Å². The summed E-state index contributed by atoms with van der Waals surface area (Å²) in [7, 11) is 0. The normalized spacial score (nSPS) is 20.9. The van der Waals surface area contributed by atoms with E-state index in [9.17, 15) is 0 Å². The first-order valence-electron chi connectivity index (χ1n) is 6.52. The lowest BCUT2D eigenvalue weighted by Crippen LogP contribution is -2.28. The van der Waals surface area contributed by atoms with Crippen LogP contribution >= 0.6 is 23.2 Å². The summed E-state index contributed by atoms with van der Waals surface area (Å²) in [6.07, 6.45) is 3.62. The minimum absolute atomic E-state index is 0.250. The largest absolute Gasteiger partial charge is 0.490 e. The van der Waals surface area contributed by atoms with Crippen molar-refractivity contribution in [2.75, 3.05) is 13.1 Å². The van der Waals surface area contributed by atoms with Crippen molar-refractivity contribution in [1.29, 1.82) is 0 Å². The van der Waals surface area contributed by atoms with Crippen LogP contribution in [0, 0.1) is 5.92 Å². The molecule has 1 saturated heterocycles. The summed E-state index contributed by atoms with van der Waals surface area (Å²) >= 11 is 12.0. The molecule has 1 aliphatic rings. The van der Waals surface area contributed by atoms with Crippen molar-refractivity contribution < 1.29 is 4.74 Å². The molecule has 0 aromatic heterocycles. The van der Waals surface area contributed by atoms with Crippen molar-refractivity contribution in [3.8, 4) is 5.75 Å². The molecule has 2 atom stereocenters. The molecule has 1 heterocycles. The van der Waals surface area contributed by atoms with Crippen LogP contribution in [0.1, 0.15) is 26.2 Å². The molecule has 1 aliphatic heterocycles. The van der Waals surface area contributed by atoms with E-state index in [0.29, 0.717) is 16.0 Å². The number of ether oxygens (including phenoxy) is 1. The number of rotatable bonds is 5. The summed E-state index contributed by atoms with van der Waals surface area (Å²) in [5, 5.41) is 4.63. The maximum absolute atomic E-state index is 6.09. The van der Waals surface area contributed by atoms with Crippen LogP contribution in [-0.2, 0) is 0 Å². The third kappa shape index (κ3) is 3.78. The summed E-state index contributed by atoms with van der Waals surface area (Å²) in [5.41, 5.74) is 0. The quantitative estimate of drug-likeness (QED) is 0.878. The van der Waals surface area contributed by atoms with Crippen LogP contribution in [0.3, 0.4) is 0 Å². The molecule has 0 aliphatic carbocycles. The minimum Gasteiger partial charge on any atom is -0.490 e. The molecule has 0 radical (unpaired) electrons. The molecule has 1 fully saturated rings. The Balaban J connectivity index is 2.07. The van der Waals surface area contributed by atoms with Crippen molar-refractivity contribution >= 4 is 23.2 Å². The highest BCUT2D eigenvalue weighted by Gasteiger charge is 2.25. The Bertz CT molecular complexity index is 371. The lowest BCUT2D eigenvalue weighted by molar-refractivity contribution is 0.132. The van der Waals surface area contributed by atoms with Crippen LogP contribution in [0.25, 0.3) is 0 Å². The molecular weight excluding hydrogens is 269 g/mol. The van der Waals surface area contributed by atoms with Gasteiger partial charge in [-0.15, -0.1) is 0 Å². The van der Waals surface area contributed by atoms with Crippen molar-refractivity contribution in [3.63, 3.8) is 0 Å². The second-order valence-electron chi connectivity index (χ2n) is 4.80. The molecule has 1 N–H and O–H groups in total. The fraction of sp³-hybridized carbons (Fsp3) is 0.571. The Labute approximate surface area is 119 Å². The molecule has 1 aromatic carbocycles. The standard InChI is InChI=1S/C14H19Cl2NO/c1-2-3-14(10-4-5-17-9-10)18-13-7-11(15)6-12(16)8-13/h6-8,10,14,17H,2-5,9H2,1H3. The third-order valence-electron chi connectivity index (χ3n) is 3.32. The van der Waals surface area contributed by atoms with E-state index in [1.54, 1.807) is 6.07 Å². The van der Waals surface area contributed by atoms with Crippen LogP contribution in [0.15, 0.2) is 18.2 Å². The van der Waals surface area contributed by atoms with Gasteiger partial charge in [-0.2, -0.15) is 0 Å². The Hall–Kier alpha value is -0.440. The van der Waals surface area contributed by atoms with E-state index in [1.165, 1.54) is 6.42 Å². The maximum Gasteiger partial charge on any atom is 0.122 e. The van der Waals surface area contributed by atoms with Crippen molar-refractivity contribution in [3.05, 3.63) is 28.2 Å². The van der Waals surface area contributed by atoms with E-state index in [1.807, 2.05) is 12.1 Å². The Morgan fingerprint density at radius 3 is 2.61 bits per heavy atom. The van der Waals surface area contributed by atoms with Gasteiger partial charge < -0.3 is 10.1 Å². The molecule has 18 heavy (non-hydrogen) atoms. The number of hydrogen-bond donors (Lipinski definition) is 1. The van der Waals surface area contributed by atoms with E-state index in [2.05, 4.69) is 12.2 Å². The van der Waals surface area contributed by atoms with Gasteiger partial charge >= 0.3 is 0 Å². The van der Waals surface area contributed by atoms with Gasteiger partial charge in [-0.05, 0) is 37.6 Å². The molecule has 0 bridgehead atoms. The molecule has 2 unspecified atom stereocenters. The van der Waals surface area contributed by atoms with E-state index in [4.69, 9.17) is 27.9 Å². The first kappa shape index (κ1) is 14.0. The third-order valence-corrected chi connectivity index (χ3v) is 3.76. The Morgan fingerprint density at radius 2 is 2.06 bits per heavy atom. The first-order valence-corrected chi connectivity index (χ1v) is 7.28. The molecule has 100 valence electrons. The van der Waals surface area contributed by atoms with Gasteiger partial charge in [-0.25, -0.2) is 0 Å². The predicted octanol–water partition coefficient (Wildman–Crippen LogP) is 4.15. The highest BCUT2D eigenvalue weighted by Crippen LogP contribution is 2.28. The number of halogens is 2. The zero-order valence-corrected chi connectivity index (χ0v) is 12.1. The molecule has 4 heteroatoms. The number of nitrogens with one attached hydrogen (secondary N) is 1. The van der Waals surface area contributed by atoms with Gasteiger partial charge in [-0.1, -0.05) is 36.5 Å².